The average Bonchev–Trinajstić information content (AvgIpc) is 3.56. The van der Waals surface area contributed by atoms with Crippen LogP contribution in [0.15, 0.2) is 24.5 Å². The number of phenols is 1. The summed E-state index contributed by atoms with van der Waals surface area (Å²) >= 11 is 12.8. The number of nitriles is 1. The normalized spacial score (nSPS) is 21.1. The van der Waals surface area contributed by atoms with Gasteiger partial charge in [-0.25, -0.2) is 4.39 Å². The molecule has 0 spiro atoms. The van der Waals surface area contributed by atoms with Crippen LogP contribution in [0.3, 0.4) is 0 Å². The number of likely N-dealkylation sites (N-methyl/N-ethyl adjacent to an activating group) is 1. The number of halogens is 3. The van der Waals surface area contributed by atoms with Crippen molar-refractivity contribution in [2.75, 3.05) is 44.7 Å². The standard InChI is InChI=1S/C28H32Cl2FN7O3/c1-17(31)27(40)38-11-10-37(12-18(38)7-8-32)26-21-14-36(13-20-22(29)5-6-24(39)25(20)30)15-23(21)33-28(34-26)41-16-19-4-3-9-35(19)2/h5-6,18-19,39H,1,3-4,7,9-16H2,2H3/t18-,19-/m0/s1. The third kappa shape index (κ3) is 6.21. The van der Waals surface area contributed by atoms with Gasteiger partial charge in [0.05, 0.1) is 29.2 Å². The zero-order valence-corrected chi connectivity index (χ0v) is 24.3. The lowest BCUT2D eigenvalue weighted by Crippen LogP contribution is -2.55. The Hall–Kier alpha value is -3.17. The molecule has 1 amide bonds. The first-order valence-electron chi connectivity index (χ1n) is 13.5. The number of carbonyl (C=O) groups excluding carboxylic acids is 1. The maximum absolute atomic E-state index is 13.7. The van der Waals surface area contributed by atoms with Crippen molar-refractivity contribution in [2.24, 2.45) is 0 Å². The van der Waals surface area contributed by atoms with E-state index in [1.807, 2.05) is 4.90 Å². The number of amides is 1. The number of nitrogens with zero attached hydrogens (tertiary/aromatic N) is 7. The van der Waals surface area contributed by atoms with Crippen molar-refractivity contribution < 1.29 is 19.0 Å². The number of aromatic hydroxyl groups is 1. The number of piperazine rings is 1. The van der Waals surface area contributed by atoms with Gasteiger partial charge in [-0.05, 0) is 38.6 Å². The van der Waals surface area contributed by atoms with Gasteiger partial charge in [-0.1, -0.05) is 29.8 Å². The Kier molecular flexibility index (Phi) is 8.85. The molecular weight excluding hydrogens is 572 g/mol. The van der Waals surface area contributed by atoms with Crippen LogP contribution < -0.4 is 9.64 Å². The highest BCUT2D eigenvalue weighted by Crippen LogP contribution is 2.37. The van der Waals surface area contributed by atoms with E-state index in [0.717, 1.165) is 30.6 Å². The van der Waals surface area contributed by atoms with Crippen molar-refractivity contribution in [2.45, 2.75) is 51.0 Å². The predicted molar refractivity (Wildman–Crippen MR) is 152 cm³/mol. The van der Waals surface area contributed by atoms with Crippen LogP contribution in [0.5, 0.6) is 11.8 Å². The second-order valence-electron chi connectivity index (χ2n) is 10.7. The molecule has 2 fully saturated rings. The fourth-order valence-corrected chi connectivity index (χ4v) is 6.27. The Balaban J connectivity index is 1.43. The van der Waals surface area contributed by atoms with E-state index >= 15 is 0 Å². The third-order valence-corrected chi connectivity index (χ3v) is 8.81. The third-order valence-electron chi connectivity index (χ3n) is 8.03. The summed E-state index contributed by atoms with van der Waals surface area (Å²) in [6.07, 6.45) is 2.20. The molecule has 0 unspecified atom stereocenters. The summed E-state index contributed by atoms with van der Waals surface area (Å²) in [5, 5.41) is 20.2. The van der Waals surface area contributed by atoms with Crippen molar-refractivity contribution in [3.8, 4) is 17.8 Å². The molecule has 0 saturated carbocycles. The lowest BCUT2D eigenvalue weighted by Gasteiger charge is -2.41. The Labute approximate surface area is 248 Å². The average molecular weight is 605 g/mol. The van der Waals surface area contributed by atoms with E-state index < -0.39 is 17.8 Å². The molecule has 0 bridgehead atoms. The minimum atomic E-state index is -1.04. The second kappa shape index (κ2) is 12.4. The molecule has 5 rings (SSSR count). The second-order valence-corrected chi connectivity index (χ2v) is 11.5. The van der Waals surface area contributed by atoms with E-state index in [9.17, 15) is 19.6 Å². The number of fused-ring (bicyclic) bond motifs is 1. The number of hydrogen-bond donors (Lipinski definition) is 1. The van der Waals surface area contributed by atoms with Gasteiger partial charge in [-0.3, -0.25) is 9.69 Å². The molecule has 0 radical (unpaired) electrons. The highest BCUT2D eigenvalue weighted by Gasteiger charge is 2.36. The van der Waals surface area contributed by atoms with Crippen LogP contribution in [-0.4, -0.2) is 87.6 Å². The molecule has 3 aliphatic heterocycles. The maximum atomic E-state index is 13.7. The van der Waals surface area contributed by atoms with Crippen LogP contribution in [-0.2, 0) is 24.4 Å². The molecule has 41 heavy (non-hydrogen) atoms. The van der Waals surface area contributed by atoms with Gasteiger partial charge < -0.3 is 24.5 Å². The van der Waals surface area contributed by atoms with Crippen molar-refractivity contribution in [3.05, 3.63) is 51.4 Å². The minimum absolute atomic E-state index is 0.0391. The highest BCUT2D eigenvalue weighted by atomic mass is 35.5. The van der Waals surface area contributed by atoms with Gasteiger partial charge in [-0.2, -0.15) is 15.2 Å². The van der Waals surface area contributed by atoms with E-state index in [0.29, 0.717) is 55.7 Å². The summed E-state index contributed by atoms with van der Waals surface area (Å²) < 4.78 is 19.9. The largest absolute Gasteiger partial charge is 0.506 e. The van der Waals surface area contributed by atoms with Gasteiger partial charge >= 0.3 is 6.01 Å². The van der Waals surface area contributed by atoms with Gasteiger partial charge in [-0.15, -0.1) is 0 Å². The molecule has 1 N–H and O–H groups in total. The molecule has 3 aliphatic rings. The zero-order valence-electron chi connectivity index (χ0n) is 22.8. The van der Waals surface area contributed by atoms with E-state index in [4.69, 9.17) is 37.9 Å². The summed E-state index contributed by atoms with van der Waals surface area (Å²) in [6, 6.07) is 5.20. The topological polar surface area (TPSA) is 109 Å². The molecule has 0 aliphatic carbocycles. The molecule has 2 aromatic rings. The first-order chi connectivity index (χ1) is 19.7. The molecule has 1 aromatic carbocycles. The lowest BCUT2D eigenvalue weighted by molar-refractivity contribution is -0.131. The SMILES string of the molecule is C=C(F)C(=O)N1CCN(c2nc(OC[C@@H]3CCCN3C)nc3c2CN(Cc2c(Cl)ccc(O)c2Cl)C3)C[C@@H]1CC#N. The molecule has 1 aromatic heterocycles. The lowest BCUT2D eigenvalue weighted by atomic mass is 10.1. The zero-order chi connectivity index (χ0) is 29.3. The Morgan fingerprint density at radius 1 is 1.24 bits per heavy atom. The minimum Gasteiger partial charge on any atom is -0.506 e. The quantitative estimate of drug-likeness (QED) is 0.449. The summed E-state index contributed by atoms with van der Waals surface area (Å²) in [6.45, 7) is 6.88. The van der Waals surface area contributed by atoms with E-state index in [2.05, 4.69) is 29.5 Å². The van der Waals surface area contributed by atoms with E-state index in [-0.39, 0.29) is 35.8 Å². The number of hydrogen-bond acceptors (Lipinski definition) is 9. The van der Waals surface area contributed by atoms with Crippen LogP contribution >= 0.6 is 23.2 Å². The van der Waals surface area contributed by atoms with Gasteiger partial charge in [0.25, 0.3) is 5.91 Å². The first-order valence-corrected chi connectivity index (χ1v) is 14.3. The molecule has 10 nitrogen and oxygen atoms in total. The molecule has 218 valence electrons. The number of rotatable bonds is 8. The monoisotopic (exact) mass is 603 g/mol. The van der Waals surface area contributed by atoms with Crippen LogP contribution in [0.4, 0.5) is 10.2 Å². The molecular formula is C28H32Cl2FN7O3. The number of phenolic OH excluding ortho intramolecular Hbond substituents is 1. The number of benzene rings is 1. The fourth-order valence-electron chi connectivity index (χ4n) is 5.78. The summed E-state index contributed by atoms with van der Waals surface area (Å²) in [7, 11) is 2.08. The fraction of sp³-hybridized carbons (Fsp3) is 0.500. The maximum Gasteiger partial charge on any atom is 0.318 e. The number of anilines is 1. The number of likely N-dealkylation sites (tertiary alicyclic amines) is 1. The van der Waals surface area contributed by atoms with E-state index in [1.54, 1.807) is 6.07 Å². The van der Waals surface area contributed by atoms with Gasteiger partial charge in [0.15, 0.2) is 5.83 Å². The number of carbonyl (C=O) groups is 1. The van der Waals surface area contributed by atoms with E-state index in [1.165, 1.54) is 11.0 Å². The summed E-state index contributed by atoms with van der Waals surface area (Å²) in [5.74, 6) is -1.22. The first kappa shape index (κ1) is 29.3. The van der Waals surface area contributed by atoms with Gasteiger partial charge in [0, 0.05) is 61.5 Å². The number of ether oxygens (including phenoxy) is 1. The van der Waals surface area contributed by atoms with Gasteiger partial charge in [0.1, 0.15) is 18.2 Å². The highest BCUT2D eigenvalue weighted by molar-refractivity contribution is 6.36. The van der Waals surface area contributed by atoms with Crippen molar-refractivity contribution in [1.82, 2.24) is 24.7 Å². The smallest absolute Gasteiger partial charge is 0.318 e. The molecule has 2 saturated heterocycles. The molecule has 13 heteroatoms. The molecule has 2 atom stereocenters. The predicted octanol–water partition coefficient (Wildman–Crippen LogP) is 3.89. The Morgan fingerprint density at radius 2 is 2.05 bits per heavy atom. The number of aromatic nitrogens is 2. The van der Waals surface area contributed by atoms with Crippen molar-refractivity contribution in [3.63, 3.8) is 0 Å². The van der Waals surface area contributed by atoms with Crippen molar-refractivity contribution >= 4 is 34.9 Å². The Bertz CT molecular complexity index is 1390. The van der Waals surface area contributed by atoms with Crippen LogP contribution in [0.2, 0.25) is 10.0 Å². The van der Waals surface area contributed by atoms with Crippen LogP contribution in [0.25, 0.3) is 0 Å². The Morgan fingerprint density at radius 3 is 2.76 bits per heavy atom. The molecule has 4 heterocycles. The van der Waals surface area contributed by atoms with Gasteiger partial charge in [0.2, 0.25) is 0 Å². The summed E-state index contributed by atoms with van der Waals surface area (Å²) in [5.41, 5.74) is 2.31. The van der Waals surface area contributed by atoms with Crippen LogP contribution in [0, 0.1) is 11.3 Å². The summed E-state index contributed by atoms with van der Waals surface area (Å²) in [4.78, 5) is 29.8. The van der Waals surface area contributed by atoms with Crippen molar-refractivity contribution in [1.29, 1.82) is 5.26 Å². The van der Waals surface area contributed by atoms with Crippen LogP contribution in [0.1, 0.15) is 36.1 Å².